The monoisotopic (exact) mass is 204 g/mol. The lowest BCUT2D eigenvalue weighted by Crippen LogP contribution is -2.36. The Labute approximate surface area is 91.9 Å². The summed E-state index contributed by atoms with van der Waals surface area (Å²) >= 11 is 0. The molecule has 0 aromatic rings. The van der Waals surface area contributed by atoms with Gasteiger partial charge in [0.1, 0.15) is 0 Å². The highest BCUT2D eigenvalue weighted by Crippen LogP contribution is 2.72. The number of rotatable bonds is 1. The fourth-order valence-electron chi connectivity index (χ4n) is 4.77. The van der Waals surface area contributed by atoms with E-state index in [1.54, 1.807) is 0 Å². The predicted octanol–water partition coefficient (Wildman–Crippen LogP) is 3.20. The molecular weight excluding hydrogens is 184 g/mol. The van der Waals surface area contributed by atoms with Crippen LogP contribution >= 0.6 is 0 Å². The number of hydrogen-bond donors (Lipinski definition) is 0. The van der Waals surface area contributed by atoms with Crippen LogP contribution in [-0.2, 0) is 4.79 Å². The molecule has 3 rings (SSSR count). The minimum Gasteiger partial charge on any atom is -0.295 e. The van der Waals surface area contributed by atoms with Crippen molar-refractivity contribution >= 4 is 5.78 Å². The van der Waals surface area contributed by atoms with E-state index < -0.39 is 0 Å². The van der Waals surface area contributed by atoms with Gasteiger partial charge in [-0.3, -0.25) is 4.79 Å². The van der Waals surface area contributed by atoms with Crippen LogP contribution in [0.1, 0.15) is 40.0 Å². The molecule has 4 bridgehead atoms. The molecule has 0 heterocycles. The quantitative estimate of drug-likeness (QED) is 0.641. The normalized spacial score (nSPS) is 51.9. The minimum atomic E-state index is 0.302. The molecule has 15 heavy (non-hydrogen) atoms. The zero-order valence-electron chi connectivity index (χ0n) is 9.92. The molecule has 0 aromatic carbocycles. The highest BCUT2D eigenvalue weighted by atomic mass is 16.1. The van der Waals surface area contributed by atoms with Crippen LogP contribution in [0.5, 0.6) is 0 Å². The molecule has 0 amide bonds. The van der Waals surface area contributed by atoms with Gasteiger partial charge in [-0.05, 0) is 48.0 Å². The van der Waals surface area contributed by atoms with Crippen LogP contribution in [0.15, 0.2) is 12.2 Å². The Bertz CT molecular complexity index is 354. The summed E-state index contributed by atoms with van der Waals surface area (Å²) in [5.41, 5.74) is 0.635. The molecule has 82 valence electrons. The highest BCUT2D eigenvalue weighted by Gasteiger charge is 2.67. The Hall–Kier alpha value is -0.590. The van der Waals surface area contributed by atoms with Crippen molar-refractivity contribution < 1.29 is 4.79 Å². The largest absolute Gasteiger partial charge is 0.295 e. The Morgan fingerprint density at radius 1 is 1.40 bits per heavy atom. The van der Waals surface area contributed by atoms with Gasteiger partial charge in [0.05, 0.1) is 0 Å². The summed E-state index contributed by atoms with van der Waals surface area (Å²) in [5, 5.41) is 0. The Kier molecular flexibility index (Phi) is 1.64. The summed E-state index contributed by atoms with van der Waals surface area (Å²) in [6, 6.07) is 0. The van der Waals surface area contributed by atoms with E-state index in [4.69, 9.17) is 0 Å². The molecule has 0 spiro atoms. The molecule has 2 fully saturated rings. The van der Waals surface area contributed by atoms with Crippen molar-refractivity contribution in [1.82, 2.24) is 0 Å². The molecule has 0 saturated heterocycles. The second kappa shape index (κ2) is 2.56. The lowest BCUT2D eigenvalue weighted by atomic mass is 9.67. The maximum atomic E-state index is 12.1. The van der Waals surface area contributed by atoms with Crippen molar-refractivity contribution in [2.75, 3.05) is 0 Å². The fourth-order valence-corrected chi connectivity index (χ4v) is 4.77. The molecule has 0 unspecified atom stereocenters. The average Bonchev–Trinajstić information content (AvgIpc) is 2.54. The van der Waals surface area contributed by atoms with Crippen molar-refractivity contribution in [2.45, 2.75) is 40.0 Å². The van der Waals surface area contributed by atoms with E-state index in [-0.39, 0.29) is 0 Å². The zero-order chi connectivity index (χ0) is 10.8. The first-order chi connectivity index (χ1) is 7.01. The van der Waals surface area contributed by atoms with Crippen molar-refractivity contribution in [3.63, 3.8) is 0 Å². The first-order valence-electron chi connectivity index (χ1n) is 6.23. The SMILES string of the molecule is CC(C)[C@]12CC[C@@]3(C)[C@H](C=CC(=O)[C@H]13)C2. The fraction of sp³-hybridized carbons (Fsp3) is 0.786. The zero-order valence-corrected chi connectivity index (χ0v) is 9.92. The highest BCUT2D eigenvalue weighted by molar-refractivity contribution is 5.95. The van der Waals surface area contributed by atoms with Gasteiger partial charge in [0.15, 0.2) is 5.78 Å². The summed E-state index contributed by atoms with van der Waals surface area (Å²) < 4.78 is 0. The van der Waals surface area contributed by atoms with E-state index in [2.05, 4.69) is 26.8 Å². The Morgan fingerprint density at radius 3 is 2.80 bits per heavy atom. The standard InChI is InChI=1S/C14H20O/c1-9(2)14-7-6-13(3)10(8-14)4-5-11(15)12(13)14/h4-5,9-10,12H,6-8H2,1-3H3/t10-,12+,13+,14-/m1/s1. The molecule has 0 radical (unpaired) electrons. The molecule has 2 saturated carbocycles. The molecule has 4 atom stereocenters. The average molecular weight is 204 g/mol. The van der Waals surface area contributed by atoms with Gasteiger partial charge < -0.3 is 0 Å². The van der Waals surface area contributed by atoms with E-state index >= 15 is 0 Å². The van der Waals surface area contributed by atoms with Gasteiger partial charge in [-0.1, -0.05) is 26.8 Å². The van der Waals surface area contributed by atoms with Crippen molar-refractivity contribution in [3.8, 4) is 0 Å². The summed E-state index contributed by atoms with van der Waals surface area (Å²) in [7, 11) is 0. The first-order valence-corrected chi connectivity index (χ1v) is 6.23. The lowest BCUT2D eigenvalue weighted by Gasteiger charge is -2.35. The van der Waals surface area contributed by atoms with Crippen LogP contribution in [0.2, 0.25) is 0 Å². The van der Waals surface area contributed by atoms with Crippen LogP contribution in [-0.4, -0.2) is 5.78 Å². The van der Waals surface area contributed by atoms with Gasteiger partial charge in [-0.25, -0.2) is 0 Å². The minimum absolute atomic E-state index is 0.302. The number of hydrogen-bond acceptors (Lipinski definition) is 1. The van der Waals surface area contributed by atoms with Crippen LogP contribution < -0.4 is 0 Å². The van der Waals surface area contributed by atoms with Gasteiger partial charge in [-0.15, -0.1) is 0 Å². The Balaban J connectivity index is 2.15. The van der Waals surface area contributed by atoms with Crippen LogP contribution in [0.25, 0.3) is 0 Å². The third kappa shape index (κ3) is 0.885. The second-order valence-electron chi connectivity index (χ2n) is 6.40. The molecule has 1 nitrogen and oxygen atoms in total. The first kappa shape index (κ1) is 9.62. The molecule has 3 aliphatic rings. The van der Waals surface area contributed by atoms with E-state index in [0.29, 0.717) is 34.4 Å². The summed E-state index contributed by atoms with van der Waals surface area (Å²) in [6.07, 6.45) is 7.86. The second-order valence-corrected chi connectivity index (χ2v) is 6.40. The number of ketones is 1. The van der Waals surface area contributed by atoms with E-state index in [1.165, 1.54) is 19.3 Å². The predicted molar refractivity (Wildman–Crippen MR) is 60.4 cm³/mol. The van der Waals surface area contributed by atoms with E-state index in [1.807, 2.05) is 6.08 Å². The molecule has 3 aliphatic carbocycles. The van der Waals surface area contributed by atoms with Gasteiger partial charge in [0.2, 0.25) is 0 Å². The van der Waals surface area contributed by atoms with Gasteiger partial charge in [0, 0.05) is 5.92 Å². The summed E-state index contributed by atoms with van der Waals surface area (Å²) in [4.78, 5) is 12.1. The summed E-state index contributed by atoms with van der Waals surface area (Å²) in [6.45, 7) is 6.96. The maximum Gasteiger partial charge on any atom is 0.159 e. The van der Waals surface area contributed by atoms with Crippen molar-refractivity contribution in [2.24, 2.45) is 28.6 Å². The number of allylic oxidation sites excluding steroid dienone is 2. The molecule has 1 heteroatoms. The van der Waals surface area contributed by atoms with Crippen molar-refractivity contribution in [3.05, 3.63) is 12.2 Å². The van der Waals surface area contributed by atoms with Crippen molar-refractivity contribution in [1.29, 1.82) is 0 Å². The smallest absolute Gasteiger partial charge is 0.159 e. The number of carbonyl (C=O) groups excluding carboxylic acids is 1. The van der Waals surface area contributed by atoms with Crippen LogP contribution in [0.3, 0.4) is 0 Å². The van der Waals surface area contributed by atoms with Gasteiger partial charge >= 0.3 is 0 Å². The third-order valence-corrected chi connectivity index (χ3v) is 5.74. The summed E-state index contributed by atoms with van der Waals surface area (Å²) in [5.74, 6) is 2.08. The molecule has 0 aliphatic heterocycles. The van der Waals surface area contributed by atoms with E-state index in [9.17, 15) is 4.79 Å². The molecule has 0 N–H and O–H groups in total. The Morgan fingerprint density at radius 2 is 2.13 bits per heavy atom. The van der Waals surface area contributed by atoms with Crippen LogP contribution in [0, 0.1) is 28.6 Å². The van der Waals surface area contributed by atoms with E-state index in [0.717, 1.165) is 0 Å². The van der Waals surface area contributed by atoms with Crippen LogP contribution in [0.4, 0.5) is 0 Å². The van der Waals surface area contributed by atoms with Gasteiger partial charge in [-0.2, -0.15) is 0 Å². The third-order valence-electron chi connectivity index (χ3n) is 5.74. The van der Waals surface area contributed by atoms with Gasteiger partial charge in [0.25, 0.3) is 0 Å². The molecule has 0 aromatic heterocycles. The number of carbonyl (C=O) groups is 1. The lowest BCUT2D eigenvalue weighted by molar-refractivity contribution is -0.124. The molecular formula is C14H20O. The topological polar surface area (TPSA) is 17.1 Å². The maximum absolute atomic E-state index is 12.1.